The van der Waals surface area contributed by atoms with Crippen molar-refractivity contribution in [3.8, 4) is 5.69 Å². The lowest BCUT2D eigenvalue weighted by Crippen LogP contribution is -2.11. The van der Waals surface area contributed by atoms with E-state index in [1.54, 1.807) is 24.6 Å². The van der Waals surface area contributed by atoms with Crippen LogP contribution in [0.25, 0.3) is 5.69 Å². The van der Waals surface area contributed by atoms with Crippen molar-refractivity contribution >= 4 is 11.9 Å². The van der Waals surface area contributed by atoms with Gasteiger partial charge in [-0.3, -0.25) is 4.79 Å². The molecule has 23 heavy (non-hydrogen) atoms. The summed E-state index contributed by atoms with van der Waals surface area (Å²) >= 11 is 0. The van der Waals surface area contributed by atoms with E-state index in [4.69, 9.17) is 9.47 Å². The van der Waals surface area contributed by atoms with Crippen LogP contribution in [-0.4, -0.2) is 34.9 Å². The molecule has 0 amide bonds. The van der Waals surface area contributed by atoms with E-state index in [9.17, 15) is 9.59 Å². The summed E-state index contributed by atoms with van der Waals surface area (Å²) in [5, 5.41) is 4.42. The third-order valence-electron chi connectivity index (χ3n) is 3.14. The van der Waals surface area contributed by atoms with Crippen LogP contribution in [0.1, 0.15) is 36.5 Å². The summed E-state index contributed by atoms with van der Waals surface area (Å²) < 4.78 is 11.5. The number of aryl methyl sites for hydroxylation is 1. The highest BCUT2D eigenvalue weighted by molar-refractivity contribution is 5.88. The van der Waals surface area contributed by atoms with Crippen molar-refractivity contribution in [3.63, 3.8) is 0 Å². The Morgan fingerprint density at radius 3 is 2.43 bits per heavy atom. The topological polar surface area (TPSA) is 70.4 Å². The van der Waals surface area contributed by atoms with E-state index in [2.05, 4.69) is 5.10 Å². The molecule has 0 saturated carbocycles. The number of carbonyl (C=O) groups is 2. The Hall–Kier alpha value is -2.63. The fraction of sp³-hybridized carbons (Fsp3) is 0.353. The smallest absolute Gasteiger partial charge is 0.357 e. The molecule has 2 rings (SSSR count). The number of nitrogens with zero attached hydrogens (tertiary/aromatic N) is 2. The number of ether oxygens (including phenoxy) is 2. The lowest BCUT2D eigenvalue weighted by Gasteiger charge is -2.06. The van der Waals surface area contributed by atoms with Crippen molar-refractivity contribution in [3.05, 3.63) is 47.8 Å². The number of hydrogen-bond acceptors (Lipinski definition) is 5. The molecular formula is C17H20N2O4. The Balaban J connectivity index is 2.25. The zero-order valence-corrected chi connectivity index (χ0v) is 13.3. The van der Waals surface area contributed by atoms with Crippen LogP contribution in [0.2, 0.25) is 0 Å². The van der Waals surface area contributed by atoms with Crippen LogP contribution >= 0.6 is 0 Å². The molecule has 0 aliphatic carbocycles. The first-order valence-electron chi connectivity index (χ1n) is 7.62. The number of esters is 2. The lowest BCUT2D eigenvalue weighted by atomic mass is 10.2. The van der Waals surface area contributed by atoms with E-state index in [0.29, 0.717) is 24.4 Å². The van der Waals surface area contributed by atoms with Gasteiger partial charge >= 0.3 is 11.9 Å². The van der Waals surface area contributed by atoms with Crippen LogP contribution in [-0.2, 0) is 20.7 Å². The highest BCUT2D eigenvalue weighted by Gasteiger charge is 2.18. The van der Waals surface area contributed by atoms with Crippen molar-refractivity contribution < 1.29 is 19.1 Å². The maximum atomic E-state index is 12.1. The predicted octanol–water partition coefficient (Wildman–Crippen LogP) is 2.54. The Bertz CT molecular complexity index is 664. The van der Waals surface area contributed by atoms with Gasteiger partial charge in [0, 0.05) is 6.42 Å². The molecular weight excluding hydrogens is 296 g/mol. The Morgan fingerprint density at radius 2 is 1.78 bits per heavy atom. The van der Waals surface area contributed by atoms with Crippen LogP contribution in [0.4, 0.5) is 0 Å². The number of para-hydroxylation sites is 1. The highest BCUT2D eigenvalue weighted by atomic mass is 16.5. The number of rotatable bonds is 7. The standard InChI is InChI=1S/C17H20N2O4/c1-3-22-16(20)11-10-13-12-15(17(21)23-4-2)19(18-13)14-8-6-5-7-9-14/h5-9,12H,3-4,10-11H2,1-2H3. The van der Waals surface area contributed by atoms with Gasteiger partial charge in [0.15, 0.2) is 5.69 Å². The van der Waals surface area contributed by atoms with Gasteiger partial charge < -0.3 is 9.47 Å². The quantitative estimate of drug-likeness (QED) is 0.734. The van der Waals surface area contributed by atoms with Gasteiger partial charge in [0.2, 0.25) is 0 Å². The molecule has 1 aromatic heterocycles. The first kappa shape index (κ1) is 16.7. The molecule has 0 fully saturated rings. The minimum atomic E-state index is -0.439. The second kappa shape index (κ2) is 8.12. The number of carbonyl (C=O) groups excluding carboxylic acids is 2. The summed E-state index contributed by atoms with van der Waals surface area (Å²) in [6.07, 6.45) is 0.632. The monoisotopic (exact) mass is 316 g/mol. The van der Waals surface area contributed by atoms with Crippen LogP contribution in [0.5, 0.6) is 0 Å². The molecule has 1 heterocycles. The van der Waals surface area contributed by atoms with Gasteiger partial charge in [0.05, 0.1) is 31.0 Å². The zero-order chi connectivity index (χ0) is 16.7. The van der Waals surface area contributed by atoms with E-state index in [-0.39, 0.29) is 19.0 Å². The maximum absolute atomic E-state index is 12.1. The van der Waals surface area contributed by atoms with Gasteiger partial charge in [-0.25, -0.2) is 9.48 Å². The van der Waals surface area contributed by atoms with E-state index >= 15 is 0 Å². The van der Waals surface area contributed by atoms with Gasteiger partial charge in [0.25, 0.3) is 0 Å². The van der Waals surface area contributed by atoms with Crippen molar-refractivity contribution in [2.45, 2.75) is 26.7 Å². The van der Waals surface area contributed by atoms with Crippen LogP contribution in [0, 0.1) is 0 Å². The molecule has 6 nitrogen and oxygen atoms in total. The fourth-order valence-corrected chi connectivity index (χ4v) is 2.13. The maximum Gasteiger partial charge on any atom is 0.357 e. The van der Waals surface area contributed by atoms with E-state index in [1.807, 2.05) is 30.3 Å². The minimum absolute atomic E-state index is 0.224. The molecule has 0 bridgehead atoms. The van der Waals surface area contributed by atoms with Crippen molar-refractivity contribution in [1.82, 2.24) is 9.78 Å². The van der Waals surface area contributed by atoms with Gasteiger partial charge in [-0.15, -0.1) is 0 Å². The van der Waals surface area contributed by atoms with Crippen molar-refractivity contribution in [1.29, 1.82) is 0 Å². The number of aromatic nitrogens is 2. The van der Waals surface area contributed by atoms with E-state index in [1.165, 1.54) is 0 Å². The number of hydrogen-bond donors (Lipinski definition) is 0. The molecule has 0 saturated heterocycles. The zero-order valence-electron chi connectivity index (χ0n) is 13.3. The summed E-state index contributed by atoms with van der Waals surface area (Å²) in [7, 11) is 0. The van der Waals surface area contributed by atoms with Crippen LogP contribution < -0.4 is 0 Å². The van der Waals surface area contributed by atoms with Crippen molar-refractivity contribution in [2.24, 2.45) is 0 Å². The molecule has 1 aromatic carbocycles. The molecule has 0 spiro atoms. The first-order valence-corrected chi connectivity index (χ1v) is 7.62. The largest absolute Gasteiger partial charge is 0.466 e. The minimum Gasteiger partial charge on any atom is -0.466 e. The van der Waals surface area contributed by atoms with Gasteiger partial charge in [-0.05, 0) is 32.0 Å². The lowest BCUT2D eigenvalue weighted by molar-refractivity contribution is -0.143. The summed E-state index contributed by atoms with van der Waals surface area (Å²) in [5.41, 5.74) is 1.75. The van der Waals surface area contributed by atoms with Crippen LogP contribution in [0.3, 0.4) is 0 Å². The predicted molar refractivity (Wildman–Crippen MR) is 84.5 cm³/mol. The SMILES string of the molecule is CCOC(=O)CCc1cc(C(=O)OCC)n(-c2ccccc2)n1. The fourth-order valence-electron chi connectivity index (χ4n) is 2.13. The molecule has 0 unspecified atom stereocenters. The Kier molecular flexibility index (Phi) is 5.91. The molecule has 0 aliphatic heterocycles. The molecule has 0 aliphatic rings. The first-order chi connectivity index (χ1) is 11.2. The van der Waals surface area contributed by atoms with E-state index < -0.39 is 5.97 Å². The normalized spacial score (nSPS) is 10.3. The second-order valence-corrected chi connectivity index (χ2v) is 4.79. The number of benzene rings is 1. The Morgan fingerprint density at radius 1 is 1.09 bits per heavy atom. The highest BCUT2D eigenvalue weighted by Crippen LogP contribution is 2.15. The van der Waals surface area contributed by atoms with Gasteiger partial charge in [-0.1, -0.05) is 18.2 Å². The molecule has 122 valence electrons. The summed E-state index contributed by atoms with van der Waals surface area (Å²) in [5.74, 6) is -0.717. The van der Waals surface area contributed by atoms with Crippen molar-refractivity contribution in [2.75, 3.05) is 13.2 Å². The average molecular weight is 316 g/mol. The van der Waals surface area contributed by atoms with Gasteiger partial charge in [0.1, 0.15) is 0 Å². The second-order valence-electron chi connectivity index (χ2n) is 4.79. The molecule has 0 radical (unpaired) electrons. The average Bonchev–Trinajstić information content (AvgIpc) is 2.99. The summed E-state index contributed by atoms with van der Waals surface area (Å²) in [6.45, 7) is 4.16. The third kappa shape index (κ3) is 4.42. The molecule has 2 aromatic rings. The molecule has 0 N–H and O–H groups in total. The summed E-state index contributed by atoms with van der Waals surface area (Å²) in [6, 6.07) is 11.0. The Labute approximate surface area is 135 Å². The third-order valence-corrected chi connectivity index (χ3v) is 3.14. The molecule has 0 atom stereocenters. The van der Waals surface area contributed by atoms with Gasteiger partial charge in [-0.2, -0.15) is 5.10 Å². The summed E-state index contributed by atoms with van der Waals surface area (Å²) in [4.78, 5) is 23.6. The van der Waals surface area contributed by atoms with Crippen LogP contribution in [0.15, 0.2) is 36.4 Å². The van der Waals surface area contributed by atoms with E-state index in [0.717, 1.165) is 5.69 Å². The molecule has 6 heteroatoms.